The number of hydrogen-bond acceptors (Lipinski definition) is 5. The monoisotopic (exact) mass is 218 g/mol. The zero-order valence-corrected chi connectivity index (χ0v) is 9.26. The molecule has 0 saturated carbocycles. The molecule has 1 atom stereocenters. The van der Waals surface area contributed by atoms with Gasteiger partial charge in [-0.2, -0.15) is 5.26 Å². The number of hydrogen-bond donors (Lipinski definition) is 0. The second-order valence-electron chi connectivity index (χ2n) is 3.70. The lowest BCUT2D eigenvalue weighted by Crippen LogP contribution is -2.43. The van der Waals surface area contributed by atoms with Crippen molar-refractivity contribution in [3.63, 3.8) is 0 Å². The summed E-state index contributed by atoms with van der Waals surface area (Å²) in [6.07, 6.45) is 2.84. The van der Waals surface area contributed by atoms with Crippen LogP contribution in [0.3, 0.4) is 0 Å². The Balaban J connectivity index is 2.14. The molecule has 1 aromatic rings. The van der Waals surface area contributed by atoms with Crippen molar-refractivity contribution in [2.45, 2.75) is 19.4 Å². The van der Waals surface area contributed by atoms with Gasteiger partial charge in [-0.15, -0.1) is 0 Å². The van der Waals surface area contributed by atoms with Gasteiger partial charge >= 0.3 is 0 Å². The Morgan fingerprint density at radius 2 is 2.56 bits per heavy atom. The Kier molecular flexibility index (Phi) is 3.32. The molecule has 0 amide bonds. The van der Waals surface area contributed by atoms with Gasteiger partial charge in [-0.1, -0.05) is 6.92 Å². The maximum atomic E-state index is 8.78. The molecule has 1 aliphatic heterocycles. The summed E-state index contributed by atoms with van der Waals surface area (Å²) in [7, 11) is 0. The van der Waals surface area contributed by atoms with Crippen LogP contribution in [0.25, 0.3) is 0 Å². The number of nitrogens with zero attached hydrogens (tertiary/aromatic N) is 4. The summed E-state index contributed by atoms with van der Waals surface area (Å²) in [5, 5.41) is 8.78. The average Bonchev–Trinajstić information content (AvgIpc) is 2.39. The predicted octanol–water partition coefficient (Wildman–Crippen LogP) is 0.963. The summed E-state index contributed by atoms with van der Waals surface area (Å²) < 4.78 is 5.57. The Labute approximate surface area is 94.7 Å². The van der Waals surface area contributed by atoms with Gasteiger partial charge in [0.05, 0.1) is 12.7 Å². The van der Waals surface area contributed by atoms with E-state index in [-0.39, 0.29) is 6.10 Å². The standard InChI is InChI=1S/C11H14N4O/c1-2-10-8-15(5-6-16-10)11-13-4-3-9(7-12)14-11/h3-4,10H,2,5-6,8H2,1H3. The molecule has 1 unspecified atom stereocenters. The van der Waals surface area contributed by atoms with E-state index >= 15 is 0 Å². The fourth-order valence-electron chi connectivity index (χ4n) is 1.71. The molecule has 1 saturated heterocycles. The van der Waals surface area contributed by atoms with Crippen molar-refractivity contribution in [2.75, 3.05) is 24.6 Å². The highest BCUT2D eigenvalue weighted by Crippen LogP contribution is 2.14. The van der Waals surface area contributed by atoms with Crippen molar-refractivity contribution in [3.05, 3.63) is 18.0 Å². The number of morpholine rings is 1. The fourth-order valence-corrected chi connectivity index (χ4v) is 1.71. The molecule has 5 nitrogen and oxygen atoms in total. The van der Waals surface area contributed by atoms with Gasteiger partial charge in [0.15, 0.2) is 0 Å². The van der Waals surface area contributed by atoms with Gasteiger partial charge in [0.25, 0.3) is 0 Å². The van der Waals surface area contributed by atoms with E-state index in [0.717, 1.165) is 19.5 Å². The first kappa shape index (κ1) is 10.8. The van der Waals surface area contributed by atoms with Crippen LogP contribution >= 0.6 is 0 Å². The normalized spacial score (nSPS) is 20.5. The number of rotatable bonds is 2. The van der Waals surface area contributed by atoms with Crippen LogP contribution in [-0.2, 0) is 4.74 Å². The number of aromatic nitrogens is 2. The molecule has 0 aliphatic carbocycles. The summed E-state index contributed by atoms with van der Waals surface area (Å²) >= 11 is 0. The highest BCUT2D eigenvalue weighted by atomic mass is 16.5. The molecule has 0 bridgehead atoms. The quantitative estimate of drug-likeness (QED) is 0.740. The van der Waals surface area contributed by atoms with Crippen LogP contribution in [0.2, 0.25) is 0 Å². The molecule has 0 radical (unpaired) electrons. The fraction of sp³-hybridized carbons (Fsp3) is 0.545. The summed E-state index contributed by atoms with van der Waals surface area (Å²) in [6.45, 7) is 4.37. The second kappa shape index (κ2) is 4.90. The van der Waals surface area contributed by atoms with E-state index in [1.807, 2.05) is 6.07 Å². The molecule has 5 heteroatoms. The molecular weight excluding hydrogens is 204 g/mol. The lowest BCUT2D eigenvalue weighted by Gasteiger charge is -2.32. The zero-order valence-electron chi connectivity index (χ0n) is 9.26. The number of anilines is 1. The van der Waals surface area contributed by atoms with Crippen molar-refractivity contribution >= 4 is 5.95 Å². The first-order chi connectivity index (χ1) is 7.83. The van der Waals surface area contributed by atoms with Crippen LogP contribution in [0.4, 0.5) is 5.95 Å². The van der Waals surface area contributed by atoms with Crippen molar-refractivity contribution in [3.8, 4) is 6.07 Å². The molecule has 84 valence electrons. The smallest absolute Gasteiger partial charge is 0.226 e. The molecule has 0 N–H and O–H groups in total. The largest absolute Gasteiger partial charge is 0.375 e. The summed E-state index contributed by atoms with van der Waals surface area (Å²) in [4.78, 5) is 10.4. The van der Waals surface area contributed by atoms with Crippen molar-refractivity contribution in [2.24, 2.45) is 0 Å². The van der Waals surface area contributed by atoms with Crippen molar-refractivity contribution in [1.29, 1.82) is 5.26 Å². The van der Waals surface area contributed by atoms with E-state index in [1.54, 1.807) is 12.3 Å². The Morgan fingerprint density at radius 1 is 1.69 bits per heavy atom. The van der Waals surface area contributed by atoms with Gasteiger partial charge in [0.2, 0.25) is 5.95 Å². The van der Waals surface area contributed by atoms with Gasteiger partial charge in [-0.3, -0.25) is 0 Å². The van der Waals surface area contributed by atoms with Crippen LogP contribution in [0.15, 0.2) is 12.3 Å². The molecule has 1 aliphatic rings. The Morgan fingerprint density at radius 3 is 3.31 bits per heavy atom. The molecule has 1 aromatic heterocycles. The van der Waals surface area contributed by atoms with Crippen molar-refractivity contribution in [1.82, 2.24) is 9.97 Å². The average molecular weight is 218 g/mol. The Hall–Kier alpha value is -1.67. The van der Waals surface area contributed by atoms with Crippen LogP contribution in [0, 0.1) is 11.3 Å². The molecule has 0 aromatic carbocycles. The van der Waals surface area contributed by atoms with E-state index in [0.29, 0.717) is 18.2 Å². The lowest BCUT2D eigenvalue weighted by atomic mass is 10.2. The van der Waals surface area contributed by atoms with Gasteiger partial charge in [-0.25, -0.2) is 9.97 Å². The minimum Gasteiger partial charge on any atom is -0.375 e. The van der Waals surface area contributed by atoms with Gasteiger partial charge in [-0.05, 0) is 12.5 Å². The summed E-state index contributed by atoms with van der Waals surface area (Å²) in [5.74, 6) is 0.626. The van der Waals surface area contributed by atoms with Crippen LogP contribution < -0.4 is 4.90 Å². The summed E-state index contributed by atoms with van der Waals surface area (Å²) in [6, 6.07) is 3.63. The third-order valence-electron chi connectivity index (χ3n) is 2.63. The van der Waals surface area contributed by atoms with Gasteiger partial charge in [0, 0.05) is 19.3 Å². The molecule has 0 spiro atoms. The van der Waals surface area contributed by atoms with Crippen LogP contribution in [0.1, 0.15) is 19.0 Å². The molecule has 2 heterocycles. The number of nitriles is 1. The predicted molar refractivity (Wildman–Crippen MR) is 59.0 cm³/mol. The highest BCUT2D eigenvalue weighted by molar-refractivity contribution is 5.34. The third kappa shape index (κ3) is 2.28. The first-order valence-electron chi connectivity index (χ1n) is 5.43. The third-order valence-corrected chi connectivity index (χ3v) is 2.63. The SMILES string of the molecule is CCC1CN(c2nccc(C#N)n2)CCO1. The zero-order chi connectivity index (χ0) is 11.4. The topological polar surface area (TPSA) is 62.0 Å². The molecule has 2 rings (SSSR count). The van der Waals surface area contributed by atoms with E-state index in [9.17, 15) is 0 Å². The second-order valence-corrected chi connectivity index (χ2v) is 3.70. The molecule has 16 heavy (non-hydrogen) atoms. The van der Waals surface area contributed by atoms with E-state index < -0.39 is 0 Å². The Bertz CT molecular complexity index is 401. The maximum absolute atomic E-state index is 8.78. The van der Waals surface area contributed by atoms with E-state index in [1.165, 1.54) is 0 Å². The minimum absolute atomic E-state index is 0.239. The van der Waals surface area contributed by atoms with Crippen molar-refractivity contribution < 1.29 is 4.74 Å². The first-order valence-corrected chi connectivity index (χ1v) is 5.43. The molecule has 1 fully saturated rings. The maximum Gasteiger partial charge on any atom is 0.226 e. The molecular formula is C11H14N4O. The highest BCUT2D eigenvalue weighted by Gasteiger charge is 2.20. The minimum atomic E-state index is 0.239. The summed E-state index contributed by atoms with van der Waals surface area (Å²) in [5.41, 5.74) is 0.407. The van der Waals surface area contributed by atoms with E-state index in [4.69, 9.17) is 10.00 Å². The van der Waals surface area contributed by atoms with Gasteiger partial charge in [0.1, 0.15) is 11.8 Å². The number of ether oxygens (including phenoxy) is 1. The van der Waals surface area contributed by atoms with E-state index in [2.05, 4.69) is 21.8 Å². The van der Waals surface area contributed by atoms with Crippen LogP contribution in [0.5, 0.6) is 0 Å². The van der Waals surface area contributed by atoms with Gasteiger partial charge < -0.3 is 9.64 Å². The lowest BCUT2D eigenvalue weighted by molar-refractivity contribution is 0.0379. The van der Waals surface area contributed by atoms with Crippen LogP contribution in [-0.4, -0.2) is 35.8 Å².